The van der Waals surface area contributed by atoms with Crippen LogP contribution in [0.25, 0.3) is 0 Å². The SMILES string of the molecule is CO[C@H]1/C=C/C[C@H](C)C[S@@](=O)(NC(=O)N2CC(Oc3cccnc3)C2)=NC(=O)c2ccc3c(c2)N(C[C@@H]2CC[C@H]21)C[C@@]1(CCCc2cc(Cl)ccc21)CO3. The van der Waals surface area contributed by atoms with E-state index >= 15 is 0 Å². The zero-order valence-corrected chi connectivity index (χ0v) is 32.4. The molecule has 1 aromatic heterocycles. The number of allylic oxidation sites excluding steroid dienone is 1. The topological polar surface area (TPSA) is 123 Å². The highest BCUT2D eigenvalue weighted by atomic mass is 35.5. The lowest BCUT2D eigenvalue weighted by Gasteiger charge is -2.46. The summed E-state index contributed by atoms with van der Waals surface area (Å²) in [4.78, 5) is 35.5. The molecule has 13 heteroatoms. The molecule has 54 heavy (non-hydrogen) atoms. The summed E-state index contributed by atoms with van der Waals surface area (Å²) in [6, 6.07) is 14.6. The number of amides is 3. The molecule has 2 aliphatic carbocycles. The van der Waals surface area contributed by atoms with E-state index in [4.69, 9.17) is 25.8 Å². The van der Waals surface area contributed by atoms with Crippen LogP contribution in [-0.4, -0.2) is 83.9 Å². The first-order valence-corrected chi connectivity index (χ1v) is 21.1. The van der Waals surface area contributed by atoms with Crippen molar-refractivity contribution in [2.75, 3.05) is 50.5 Å². The first-order chi connectivity index (χ1) is 26.1. The van der Waals surface area contributed by atoms with Crippen LogP contribution < -0.4 is 19.1 Å². The molecule has 2 fully saturated rings. The fraction of sp³-hybridized carbons (Fsp3) is 0.488. The average molecular weight is 774 g/mol. The van der Waals surface area contributed by atoms with E-state index in [0.29, 0.717) is 61.6 Å². The zero-order valence-electron chi connectivity index (χ0n) is 30.8. The van der Waals surface area contributed by atoms with E-state index in [9.17, 15) is 13.8 Å². The predicted molar refractivity (Wildman–Crippen MR) is 209 cm³/mol. The number of aromatic nitrogens is 1. The summed E-state index contributed by atoms with van der Waals surface area (Å²) in [5, 5.41) is 0.739. The number of hydrogen-bond acceptors (Lipinski definition) is 8. The zero-order chi connectivity index (χ0) is 37.5. The molecule has 6 atom stereocenters. The van der Waals surface area contributed by atoms with E-state index in [0.717, 1.165) is 49.4 Å². The minimum Gasteiger partial charge on any atom is -0.490 e. The van der Waals surface area contributed by atoms with Crippen LogP contribution in [0, 0.1) is 17.8 Å². The van der Waals surface area contributed by atoms with Crippen molar-refractivity contribution in [1.82, 2.24) is 14.6 Å². The van der Waals surface area contributed by atoms with Crippen molar-refractivity contribution in [2.45, 2.75) is 63.1 Å². The molecule has 2 aromatic carbocycles. The van der Waals surface area contributed by atoms with Crippen LogP contribution >= 0.6 is 11.6 Å². The van der Waals surface area contributed by atoms with Gasteiger partial charge in [-0.1, -0.05) is 36.7 Å². The van der Waals surface area contributed by atoms with Gasteiger partial charge in [0.05, 0.1) is 43.4 Å². The standard InChI is InChI=1S/C41H48ClN5O6S/c1-27-6-3-9-37(51-2)34-13-10-30(34)21-47-25-41(16-4-7-28-18-31(42)12-14-35(28)41)26-52-38-15-11-29(19-36(38)47)39(48)44-54(50,24-27)45-40(49)46-22-33(23-46)53-32-8-5-17-43-20-32/h3,5,8-9,11-12,14-15,17-20,27,30,33-34,37H,4,6-7,10,13,16,21-26H2,1-2H3,(H,44,45,48,49,50)/b9-3+/t27-,30-,34+,37-,41-,54-/m0/s1. The second kappa shape index (κ2) is 15.2. The van der Waals surface area contributed by atoms with Gasteiger partial charge >= 0.3 is 6.03 Å². The molecule has 3 aromatic rings. The monoisotopic (exact) mass is 773 g/mol. The van der Waals surface area contributed by atoms with Gasteiger partial charge in [0.15, 0.2) is 0 Å². The number of pyridine rings is 1. The third-order valence-corrected chi connectivity index (χ3v) is 14.0. The Hall–Kier alpha value is -4.13. The molecule has 11 nitrogen and oxygen atoms in total. The maximum Gasteiger partial charge on any atom is 0.330 e. The molecule has 1 saturated carbocycles. The van der Waals surface area contributed by atoms with Crippen LogP contribution in [-0.2, 0) is 26.5 Å². The molecule has 0 unspecified atom stereocenters. The second-order valence-electron chi connectivity index (χ2n) is 15.7. The Morgan fingerprint density at radius 1 is 1.13 bits per heavy atom. The smallest absolute Gasteiger partial charge is 0.330 e. The fourth-order valence-corrected chi connectivity index (χ4v) is 10.9. The van der Waals surface area contributed by atoms with Crippen molar-refractivity contribution in [1.29, 1.82) is 0 Å². The highest BCUT2D eigenvalue weighted by molar-refractivity contribution is 7.92. The maximum atomic E-state index is 14.6. The fourth-order valence-electron chi connectivity index (χ4n) is 8.86. The third-order valence-electron chi connectivity index (χ3n) is 11.8. The van der Waals surface area contributed by atoms with Crippen LogP contribution in [0.15, 0.2) is 77.4 Å². The highest BCUT2D eigenvalue weighted by Gasteiger charge is 2.44. The molecule has 3 amide bonds. The number of aryl methyl sites for hydroxylation is 1. The summed E-state index contributed by atoms with van der Waals surface area (Å²) >= 11 is 6.47. The molecule has 286 valence electrons. The number of halogens is 1. The van der Waals surface area contributed by atoms with Crippen LogP contribution in [0.5, 0.6) is 11.5 Å². The van der Waals surface area contributed by atoms with E-state index in [-0.39, 0.29) is 29.3 Å². The molecule has 4 heterocycles. The molecular weight excluding hydrogens is 726 g/mol. The van der Waals surface area contributed by atoms with Gasteiger partial charge in [0.25, 0.3) is 5.91 Å². The molecular formula is C41H48ClN5O6S. The number of benzene rings is 2. The van der Waals surface area contributed by atoms with Crippen LogP contribution in [0.4, 0.5) is 10.5 Å². The maximum absolute atomic E-state index is 14.6. The quantitative estimate of drug-likeness (QED) is 0.286. The van der Waals surface area contributed by atoms with Gasteiger partial charge in [-0.25, -0.2) is 9.00 Å². The Labute approximate surface area is 322 Å². The number of nitrogens with zero attached hydrogens (tertiary/aromatic N) is 4. The molecule has 8 rings (SSSR count). The van der Waals surface area contributed by atoms with Crippen LogP contribution in [0.2, 0.25) is 5.02 Å². The summed E-state index contributed by atoms with van der Waals surface area (Å²) < 4.78 is 40.2. The Bertz CT molecular complexity index is 2050. The first kappa shape index (κ1) is 36.8. The lowest BCUT2D eigenvalue weighted by molar-refractivity contribution is 0.0131. The number of ether oxygens (including phenoxy) is 3. The molecule has 3 aliphatic heterocycles. The van der Waals surface area contributed by atoms with Crippen molar-refractivity contribution in [3.63, 3.8) is 0 Å². The van der Waals surface area contributed by atoms with Gasteiger partial charge in [-0.2, -0.15) is 0 Å². The highest BCUT2D eigenvalue weighted by Crippen LogP contribution is 2.47. The summed E-state index contributed by atoms with van der Waals surface area (Å²) in [5.74, 6) is 1.26. The Morgan fingerprint density at radius 3 is 2.78 bits per heavy atom. The number of methoxy groups -OCH3 is 1. The van der Waals surface area contributed by atoms with Gasteiger partial charge in [-0.3, -0.25) is 14.5 Å². The lowest BCUT2D eigenvalue weighted by Crippen LogP contribution is -2.59. The van der Waals surface area contributed by atoms with Gasteiger partial charge < -0.3 is 24.0 Å². The Kier molecular flexibility index (Phi) is 10.4. The summed E-state index contributed by atoms with van der Waals surface area (Å²) in [5.41, 5.74) is 3.39. The van der Waals surface area contributed by atoms with E-state index < -0.39 is 21.9 Å². The summed E-state index contributed by atoms with van der Waals surface area (Å²) in [6.07, 6.45) is 12.9. The number of anilines is 1. The summed E-state index contributed by atoms with van der Waals surface area (Å²) in [7, 11) is -1.76. The van der Waals surface area contributed by atoms with Gasteiger partial charge in [-0.15, -0.1) is 4.36 Å². The number of urea groups is 1. The average Bonchev–Trinajstić information content (AvgIpc) is 3.27. The largest absolute Gasteiger partial charge is 0.490 e. The molecule has 2 bridgehead atoms. The minimum atomic E-state index is -3.53. The molecule has 1 N–H and O–H groups in total. The Morgan fingerprint density at radius 2 is 2.00 bits per heavy atom. The number of rotatable bonds is 4. The van der Waals surface area contributed by atoms with Crippen LogP contribution in [0.1, 0.15) is 60.5 Å². The third kappa shape index (κ3) is 7.57. The van der Waals surface area contributed by atoms with Crippen molar-refractivity contribution in [2.24, 2.45) is 22.1 Å². The van der Waals surface area contributed by atoms with Crippen LogP contribution in [0.3, 0.4) is 0 Å². The summed E-state index contributed by atoms with van der Waals surface area (Å²) in [6.45, 7) is 4.57. The number of hydrogen-bond donors (Lipinski definition) is 1. The molecule has 1 spiro atoms. The number of nitrogens with one attached hydrogen (secondary N) is 1. The second-order valence-corrected chi connectivity index (χ2v) is 18.1. The lowest BCUT2D eigenvalue weighted by atomic mass is 9.68. The van der Waals surface area contributed by atoms with Crippen molar-refractivity contribution in [3.05, 3.63) is 94.8 Å². The Balaban J connectivity index is 1.11. The van der Waals surface area contributed by atoms with E-state index in [1.165, 1.54) is 16.0 Å². The number of carbonyl (C=O) groups is 2. The molecule has 1 saturated heterocycles. The van der Waals surface area contributed by atoms with Crippen molar-refractivity contribution < 1.29 is 28.0 Å². The number of likely N-dealkylation sites (tertiary alicyclic amines) is 1. The van der Waals surface area contributed by atoms with Gasteiger partial charge in [0.1, 0.15) is 27.5 Å². The van der Waals surface area contributed by atoms with E-state index in [2.05, 4.69) is 43.3 Å². The molecule has 5 aliphatic rings. The van der Waals surface area contributed by atoms with E-state index in [1.807, 2.05) is 31.2 Å². The van der Waals surface area contributed by atoms with Crippen molar-refractivity contribution >= 4 is 39.1 Å². The van der Waals surface area contributed by atoms with Gasteiger partial charge in [0, 0.05) is 42.4 Å². The van der Waals surface area contributed by atoms with Gasteiger partial charge in [-0.05, 0) is 110 Å². The number of fused-ring (bicyclic) bond motifs is 4. The first-order valence-electron chi connectivity index (χ1n) is 19.0. The van der Waals surface area contributed by atoms with E-state index in [1.54, 1.807) is 31.6 Å². The van der Waals surface area contributed by atoms with Gasteiger partial charge in [0.2, 0.25) is 0 Å². The predicted octanol–water partition coefficient (Wildman–Crippen LogP) is 6.84. The van der Waals surface area contributed by atoms with Crippen molar-refractivity contribution in [3.8, 4) is 11.5 Å². The molecule has 0 radical (unpaired) electrons. The minimum absolute atomic E-state index is 0.00803. The normalized spacial score (nSPS) is 30.3. The number of carbonyl (C=O) groups excluding carboxylic acids is 2.